The van der Waals surface area contributed by atoms with E-state index in [0.29, 0.717) is 30.3 Å². The molecule has 8 heteroatoms. The summed E-state index contributed by atoms with van der Waals surface area (Å²) in [5.41, 5.74) is 5.39. The molecule has 2 unspecified atom stereocenters. The molecule has 0 aliphatic carbocycles. The van der Waals surface area contributed by atoms with E-state index < -0.39 is 6.10 Å². The fraction of sp³-hybridized carbons (Fsp3) is 0.300. The summed E-state index contributed by atoms with van der Waals surface area (Å²) in [6, 6.07) is 19.8. The van der Waals surface area contributed by atoms with Gasteiger partial charge in [0.1, 0.15) is 11.6 Å². The molecule has 38 heavy (non-hydrogen) atoms. The van der Waals surface area contributed by atoms with Crippen LogP contribution in [0, 0.1) is 5.82 Å². The van der Waals surface area contributed by atoms with E-state index in [4.69, 9.17) is 21.4 Å². The maximum atomic E-state index is 12.2. The first kappa shape index (κ1) is 27.6. The molecule has 0 fully saturated rings. The number of rotatable bonds is 8. The summed E-state index contributed by atoms with van der Waals surface area (Å²) in [6.07, 6.45) is 2.24. The van der Waals surface area contributed by atoms with Crippen molar-refractivity contribution in [1.29, 1.82) is 0 Å². The number of aryl methyl sites for hydroxylation is 1. The van der Waals surface area contributed by atoms with Crippen molar-refractivity contribution >= 4 is 28.9 Å². The van der Waals surface area contributed by atoms with Gasteiger partial charge in [-0.2, -0.15) is 0 Å². The lowest BCUT2D eigenvalue weighted by atomic mass is 9.93. The molecule has 2 atom stereocenters. The van der Waals surface area contributed by atoms with Crippen LogP contribution in [0.15, 0.2) is 66.7 Å². The topological polar surface area (TPSA) is 85.8 Å². The Hall–Kier alpha value is -3.39. The largest absolute Gasteiger partial charge is 0.493 e. The van der Waals surface area contributed by atoms with Gasteiger partial charge in [-0.3, -0.25) is 4.79 Å². The number of hydrogen-bond donors (Lipinski definition) is 3. The van der Waals surface area contributed by atoms with Gasteiger partial charge >= 0.3 is 0 Å². The van der Waals surface area contributed by atoms with Crippen LogP contribution in [0.25, 0.3) is 10.9 Å². The van der Waals surface area contributed by atoms with Gasteiger partial charge in [0.05, 0.1) is 25.4 Å². The average molecular weight is 539 g/mol. The molecule has 3 N–H and O–H groups in total. The van der Waals surface area contributed by atoms with Gasteiger partial charge in [-0.05, 0) is 72.0 Å². The number of nitrogens with one attached hydrogen (secondary N) is 1. The van der Waals surface area contributed by atoms with Gasteiger partial charge in [0, 0.05) is 34.6 Å². The molecule has 200 valence electrons. The number of aliphatic hydroxyl groups excluding tert-OH is 2. The maximum Gasteiger partial charge on any atom is 0.210 e. The van der Waals surface area contributed by atoms with Gasteiger partial charge in [0.15, 0.2) is 0 Å². The average Bonchev–Trinajstić information content (AvgIpc) is 3.31. The lowest BCUT2D eigenvalue weighted by Crippen LogP contribution is -2.34. The quantitative estimate of drug-likeness (QED) is 0.261. The van der Waals surface area contributed by atoms with E-state index >= 15 is 0 Å². The number of nitrogens with zero attached hydrogens (tertiary/aromatic N) is 1. The van der Waals surface area contributed by atoms with E-state index in [9.17, 15) is 14.3 Å². The van der Waals surface area contributed by atoms with Crippen molar-refractivity contribution in [3.05, 3.63) is 100.0 Å². The molecule has 0 radical (unpaired) electrons. The molecule has 6 nitrogen and oxygen atoms in total. The number of carbonyl (C=O) groups excluding carboxylic acids is 1. The molecule has 1 aliphatic heterocycles. The number of halogens is 2. The zero-order valence-electron chi connectivity index (χ0n) is 21.2. The van der Waals surface area contributed by atoms with Crippen molar-refractivity contribution < 1.29 is 24.1 Å². The van der Waals surface area contributed by atoms with E-state index in [1.807, 2.05) is 49.4 Å². The first-order valence-corrected chi connectivity index (χ1v) is 13.1. The van der Waals surface area contributed by atoms with Gasteiger partial charge in [0.25, 0.3) is 0 Å². The van der Waals surface area contributed by atoms with E-state index in [2.05, 4.69) is 4.98 Å². The van der Waals surface area contributed by atoms with Crippen LogP contribution < -0.4 is 4.74 Å². The molecular formula is C30H32ClFN2O4. The van der Waals surface area contributed by atoms with Crippen LogP contribution in [0.3, 0.4) is 0 Å². The smallest absolute Gasteiger partial charge is 0.210 e. The molecule has 0 bridgehead atoms. The Kier molecular flexibility index (Phi) is 9.39. The summed E-state index contributed by atoms with van der Waals surface area (Å²) in [4.78, 5) is 17.0. The van der Waals surface area contributed by atoms with Gasteiger partial charge in [-0.15, -0.1) is 0 Å². The highest BCUT2D eigenvalue weighted by molar-refractivity contribution is 6.31. The van der Waals surface area contributed by atoms with E-state index in [1.165, 1.54) is 23.3 Å². The van der Waals surface area contributed by atoms with Crippen molar-refractivity contribution in [2.45, 2.75) is 38.3 Å². The lowest BCUT2D eigenvalue weighted by Gasteiger charge is -2.33. The fourth-order valence-corrected chi connectivity index (χ4v) is 4.79. The fourth-order valence-electron chi connectivity index (χ4n) is 4.62. The molecule has 2 heterocycles. The molecule has 0 spiro atoms. The molecular weight excluding hydrogens is 507 g/mol. The van der Waals surface area contributed by atoms with Crippen molar-refractivity contribution in [2.75, 3.05) is 19.8 Å². The van der Waals surface area contributed by atoms with E-state index in [-0.39, 0.29) is 18.5 Å². The zero-order chi connectivity index (χ0) is 27.1. The second-order valence-corrected chi connectivity index (χ2v) is 9.66. The third-order valence-corrected chi connectivity index (χ3v) is 6.94. The number of hydrogen-bond acceptors (Lipinski definition) is 4. The number of aromatic nitrogens is 1. The summed E-state index contributed by atoms with van der Waals surface area (Å²) < 4.78 is 17.9. The van der Waals surface area contributed by atoms with Gasteiger partial charge in [-0.25, -0.2) is 4.39 Å². The highest BCUT2D eigenvalue weighted by Gasteiger charge is 2.31. The Morgan fingerprint density at radius 1 is 1.16 bits per heavy atom. The van der Waals surface area contributed by atoms with Crippen molar-refractivity contribution in [2.24, 2.45) is 0 Å². The van der Waals surface area contributed by atoms with Crippen LogP contribution in [0.1, 0.15) is 41.8 Å². The van der Waals surface area contributed by atoms with Crippen LogP contribution in [0.4, 0.5) is 4.39 Å². The maximum absolute atomic E-state index is 12.2. The minimum atomic E-state index is -0.772. The van der Waals surface area contributed by atoms with Crippen LogP contribution in [-0.4, -0.2) is 52.4 Å². The first-order valence-electron chi connectivity index (χ1n) is 12.7. The third-order valence-electron chi connectivity index (χ3n) is 6.71. The predicted molar refractivity (Wildman–Crippen MR) is 147 cm³/mol. The zero-order valence-corrected chi connectivity index (χ0v) is 22.0. The summed E-state index contributed by atoms with van der Waals surface area (Å²) >= 11 is 6.19. The molecule has 5 rings (SSSR count). The molecule has 1 amide bonds. The number of fused-ring (bicyclic) bond motifs is 3. The summed E-state index contributed by atoms with van der Waals surface area (Å²) in [7, 11) is 0. The molecule has 4 aromatic rings. The third kappa shape index (κ3) is 6.54. The summed E-state index contributed by atoms with van der Waals surface area (Å²) in [5, 5.41) is 20.1. The number of amides is 1. The highest BCUT2D eigenvalue weighted by Crippen LogP contribution is 2.38. The number of aromatic amines is 1. The summed E-state index contributed by atoms with van der Waals surface area (Å²) in [6.45, 7) is 2.73. The predicted octanol–water partition coefficient (Wildman–Crippen LogP) is 5.44. The monoisotopic (exact) mass is 538 g/mol. The van der Waals surface area contributed by atoms with Crippen LogP contribution in [-0.2, 0) is 17.6 Å². The number of carbonyl (C=O) groups is 1. The molecule has 3 aromatic carbocycles. The van der Waals surface area contributed by atoms with Crippen LogP contribution >= 0.6 is 11.6 Å². The lowest BCUT2D eigenvalue weighted by molar-refractivity contribution is -0.120. The van der Waals surface area contributed by atoms with E-state index in [1.54, 1.807) is 17.0 Å². The van der Waals surface area contributed by atoms with Crippen LogP contribution in [0.2, 0.25) is 5.02 Å². The number of aliphatic hydroxyl groups is 2. The molecule has 1 aliphatic rings. The SMILES string of the molecule is CCc1ccc(F)cc1.O=CN1CCc2c([nH]c3ccc(Cl)cc23)C1c1ccc(OCCC(O)CO)cc1. The Morgan fingerprint density at radius 2 is 1.89 bits per heavy atom. The van der Waals surface area contributed by atoms with Crippen molar-refractivity contribution in [1.82, 2.24) is 9.88 Å². The summed E-state index contributed by atoms with van der Waals surface area (Å²) in [5.74, 6) is 0.517. The number of ether oxygens (including phenoxy) is 1. The number of H-pyrrole nitrogens is 1. The Morgan fingerprint density at radius 3 is 2.55 bits per heavy atom. The second-order valence-electron chi connectivity index (χ2n) is 9.23. The van der Waals surface area contributed by atoms with Gasteiger partial charge < -0.3 is 24.8 Å². The van der Waals surface area contributed by atoms with Crippen molar-refractivity contribution in [3.63, 3.8) is 0 Å². The molecule has 0 saturated heterocycles. The Balaban J connectivity index is 0.000000317. The minimum absolute atomic E-state index is 0.160. The standard InChI is InChI=1S/C22H23ClN2O4.C8H9F/c23-15-3-6-20-19(11-15)18-7-9-25(13-27)22(21(18)24-20)14-1-4-17(5-2-14)29-10-8-16(28)12-26;1-2-7-3-5-8(9)6-4-7/h1-6,11,13,16,22,24,26,28H,7-10,12H2;3-6H,2H2,1H3. The minimum Gasteiger partial charge on any atom is -0.493 e. The Bertz CT molecular complexity index is 1340. The van der Waals surface area contributed by atoms with E-state index in [0.717, 1.165) is 41.4 Å². The molecule has 1 aromatic heterocycles. The van der Waals surface area contributed by atoms with Gasteiger partial charge in [0.2, 0.25) is 6.41 Å². The van der Waals surface area contributed by atoms with Crippen molar-refractivity contribution in [3.8, 4) is 5.75 Å². The Labute approximate surface area is 226 Å². The molecule has 0 saturated carbocycles. The normalized spacial score (nSPS) is 15.4. The number of benzene rings is 3. The second kappa shape index (κ2) is 12.9. The first-order chi connectivity index (χ1) is 18.4. The highest BCUT2D eigenvalue weighted by atomic mass is 35.5. The van der Waals surface area contributed by atoms with Crippen LogP contribution in [0.5, 0.6) is 5.75 Å². The van der Waals surface area contributed by atoms with Gasteiger partial charge in [-0.1, -0.05) is 42.8 Å².